The number of benzene rings is 2. The van der Waals surface area contributed by atoms with Crippen molar-refractivity contribution >= 4 is 19.9 Å². The van der Waals surface area contributed by atoms with Crippen LogP contribution in [0.1, 0.15) is 18.5 Å². The minimum Gasteiger partial charge on any atom is -0.224 e. The van der Waals surface area contributed by atoms with Crippen LogP contribution in [0.3, 0.4) is 0 Å². The van der Waals surface area contributed by atoms with E-state index in [0.29, 0.717) is 5.56 Å². The molecule has 2 rings (SSSR count). The molecule has 0 saturated carbocycles. The largest absolute Gasteiger partial charge is 0.244 e. The predicted octanol–water partition coefficient (Wildman–Crippen LogP) is 2.27. The summed E-state index contributed by atoms with van der Waals surface area (Å²) in [4.78, 5) is -0.287. The molecule has 0 spiro atoms. The van der Waals surface area contributed by atoms with Crippen LogP contribution in [0.4, 0.5) is 4.39 Å². The molecule has 8 heteroatoms. The topological polar surface area (TPSA) is 80.3 Å². The molecule has 0 aliphatic heterocycles. The second-order valence-electron chi connectivity index (χ2n) is 5.11. The Balaban J connectivity index is 2.25. The van der Waals surface area contributed by atoms with Gasteiger partial charge in [0.2, 0.25) is 10.0 Å². The normalized spacial score (nSPS) is 13.7. The average Bonchev–Trinajstić information content (AvgIpc) is 2.46. The van der Waals surface area contributed by atoms with Gasteiger partial charge in [0.05, 0.1) is 4.90 Å². The number of nitrogens with one attached hydrogen (secondary N) is 1. The molecule has 2 aromatic rings. The van der Waals surface area contributed by atoms with Crippen LogP contribution >= 0.6 is 0 Å². The van der Waals surface area contributed by atoms with Gasteiger partial charge in [0.25, 0.3) is 0 Å². The smallest absolute Gasteiger partial charge is 0.224 e. The first-order valence-electron chi connectivity index (χ1n) is 6.68. The SMILES string of the molecule is CC(NS(=O)(=O)c1ccccc1F)c1ccc(S(C)(=O)=O)cc1. The van der Waals surface area contributed by atoms with Crippen molar-refractivity contribution in [1.29, 1.82) is 0 Å². The zero-order chi connectivity index (χ0) is 17.3. The molecule has 1 unspecified atom stereocenters. The number of sulfonamides is 1. The van der Waals surface area contributed by atoms with Gasteiger partial charge in [0.15, 0.2) is 9.84 Å². The molecule has 5 nitrogen and oxygen atoms in total. The van der Waals surface area contributed by atoms with E-state index in [-0.39, 0.29) is 4.90 Å². The van der Waals surface area contributed by atoms with Gasteiger partial charge in [-0.3, -0.25) is 0 Å². The van der Waals surface area contributed by atoms with Crippen LogP contribution in [-0.2, 0) is 19.9 Å². The second kappa shape index (κ2) is 6.38. The third-order valence-electron chi connectivity index (χ3n) is 3.27. The van der Waals surface area contributed by atoms with E-state index in [1.807, 2.05) is 0 Å². The van der Waals surface area contributed by atoms with E-state index in [1.54, 1.807) is 6.92 Å². The minimum absolute atomic E-state index is 0.144. The highest BCUT2D eigenvalue weighted by atomic mass is 32.2. The molecule has 0 saturated heterocycles. The van der Waals surface area contributed by atoms with E-state index >= 15 is 0 Å². The van der Waals surface area contributed by atoms with Gasteiger partial charge >= 0.3 is 0 Å². The molecule has 0 aromatic heterocycles. The van der Waals surface area contributed by atoms with Gasteiger partial charge in [-0.15, -0.1) is 0 Å². The number of hydrogen-bond acceptors (Lipinski definition) is 4. The summed E-state index contributed by atoms with van der Waals surface area (Å²) in [7, 11) is -7.34. The van der Waals surface area contributed by atoms with Gasteiger partial charge in [-0.25, -0.2) is 25.9 Å². The lowest BCUT2D eigenvalue weighted by atomic mass is 10.1. The Kier molecular flexibility index (Phi) is 4.88. The summed E-state index contributed by atoms with van der Waals surface area (Å²) in [6.07, 6.45) is 1.09. The second-order valence-corrected chi connectivity index (χ2v) is 8.81. The van der Waals surface area contributed by atoms with E-state index in [9.17, 15) is 21.2 Å². The number of rotatable bonds is 5. The summed E-state index contributed by atoms with van der Waals surface area (Å²) < 4.78 is 63.3. The quantitative estimate of drug-likeness (QED) is 0.890. The van der Waals surface area contributed by atoms with Crippen LogP contribution in [0.5, 0.6) is 0 Å². The van der Waals surface area contributed by atoms with Crippen molar-refractivity contribution in [2.45, 2.75) is 22.8 Å². The molecule has 1 N–H and O–H groups in total. The Hall–Kier alpha value is -1.77. The molecular weight excluding hydrogens is 341 g/mol. The van der Waals surface area contributed by atoms with Crippen molar-refractivity contribution in [1.82, 2.24) is 4.72 Å². The van der Waals surface area contributed by atoms with Crippen molar-refractivity contribution < 1.29 is 21.2 Å². The maximum absolute atomic E-state index is 13.6. The summed E-state index contributed by atoms with van der Waals surface area (Å²) in [5.74, 6) is -0.834. The van der Waals surface area contributed by atoms with Crippen LogP contribution in [0, 0.1) is 5.82 Å². The molecular formula is C15H16FNO4S2. The minimum atomic E-state index is -4.02. The molecule has 1 atom stereocenters. The van der Waals surface area contributed by atoms with Crippen molar-refractivity contribution in [2.24, 2.45) is 0 Å². The Morgan fingerprint density at radius 3 is 2.04 bits per heavy atom. The highest BCUT2D eigenvalue weighted by molar-refractivity contribution is 7.90. The molecule has 23 heavy (non-hydrogen) atoms. The average molecular weight is 357 g/mol. The lowest BCUT2D eigenvalue weighted by Crippen LogP contribution is -2.27. The first-order chi connectivity index (χ1) is 10.6. The Bertz CT molecular complexity index is 907. The monoisotopic (exact) mass is 357 g/mol. The third-order valence-corrected chi connectivity index (χ3v) is 5.97. The van der Waals surface area contributed by atoms with Crippen molar-refractivity contribution in [3.05, 3.63) is 59.9 Å². The predicted molar refractivity (Wildman–Crippen MR) is 84.7 cm³/mol. The summed E-state index contributed by atoms with van der Waals surface area (Å²) in [6, 6.07) is 10.3. The van der Waals surface area contributed by atoms with Gasteiger partial charge in [-0.2, -0.15) is 0 Å². The van der Waals surface area contributed by atoms with Gasteiger partial charge < -0.3 is 0 Å². The van der Waals surface area contributed by atoms with Crippen molar-refractivity contribution in [2.75, 3.05) is 6.26 Å². The third kappa shape index (κ3) is 4.15. The van der Waals surface area contributed by atoms with Crippen LogP contribution in [0.25, 0.3) is 0 Å². The molecule has 124 valence electrons. The molecule has 0 aliphatic rings. The first-order valence-corrected chi connectivity index (χ1v) is 10.1. The molecule has 2 aromatic carbocycles. The highest BCUT2D eigenvalue weighted by Gasteiger charge is 2.21. The van der Waals surface area contributed by atoms with E-state index in [2.05, 4.69) is 4.72 Å². The van der Waals surface area contributed by atoms with E-state index < -0.39 is 36.6 Å². The maximum atomic E-state index is 13.6. The fourth-order valence-electron chi connectivity index (χ4n) is 2.03. The Morgan fingerprint density at radius 1 is 0.957 bits per heavy atom. The van der Waals surface area contributed by atoms with E-state index in [4.69, 9.17) is 0 Å². The lowest BCUT2D eigenvalue weighted by Gasteiger charge is -2.15. The molecule has 0 bridgehead atoms. The van der Waals surface area contributed by atoms with Crippen molar-refractivity contribution in [3.63, 3.8) is 0 Å². The number of sulfone groups is 1. The van der Waals surface area contributed by atoms with Crippen LogP contribution in [-0.4, -0.2) is 23.1 Å². The first kappa shape index (κ1) is 17.6. The Labute approximate surface area is 135 Å². The summed E-state index contributed by atoms with van der Waals surface area (Å²) >= 11 is 0. The standard InChI is InChI=1S/C15H16FNO4S2/c1-11(12-7-9-13(10-8-12)22(2,18)19)17-23(20,21)15-6-4-3-5-14(15)16/h3-11,17H,1-2H3. The maximum Gasteiger partial charge on any atom is 0.244 e. The zero-order valence-electron chi connectivity index (χ0n) is 12.5. The lowest BCUT2D eigenvalue weighted by molar-refractivity contribution is 0.546. The van der Waals surface area contributed by atoms with Crippen LogP contribution in [0.15, 0.2) is 58.3 Å². The highest BCUT2D eigenvalue weighted by Crippen LogP contribution is 2.20. The molecule has 0 aliphatic carbocycles. The van der Waals surface area contributed by atoms with Gasteiger partial charge in [-0.1, -0.05) is 24.3 Å². The van der Waals surface area contributed by atoms with Gasteiger partial charge in [-0.05, 0) is 36.8 Å². The molecule has 0 amide bonds. The number of hydrogen-bond donors (Lipinski definition) is 1. The summed E-state index contributed by atoms with van der Waals surface area (Å²) in [5.41, 5.74) is 0.567. The van der Waals surface area contributed by atoms with Crippen LogP contribution < -0.4 is 4.72 Å². The molecule has 0 heterocycles. The Morgan fingerprint density at radius 2 is 1.52 bits per heavy atom. The van der Waals surface area contributed by atoms with E-state index in [0.717, 1.165) is 12.3 Å². The summed E-state index contributed by atoms with van der Waals surface area (Å²) in [5, 5.41) is 0. The fourth-order valence-corrected chi connectivity index (χ4v) is 3.97. The fraction of sp³-hybridized carbons (Fsp3) is 0.200. The molecule has 0 radical (unpaired) electrons. The van der Waals surface area contributed by atoms with Gasteiger partial charge in [0, 0.05) is 12.3 Å². The van der Waals surface area contributed by atoms with Crippen molar-refractivity contribution in [3.8, 4) is 0 Å². The van der Waals surface area contributed by atoms with E-state index in [1.165, 1.54) is 42.5 Å². The molecule has 0 fully saturated rings. The summed E-state index contributed by atoms with van der Waals surface area (Å²) in [6.45, 7) is 1.59. The van der Waals surface area contributed by atoms with Crippen LogP contribution in [0.2, 0.25) is 0 Å². The number of halogens is 1. The van der Waals surface area contributed by atoms with Gasteiger partial charge in [0.1, 0.15) is 10.7 Å². The zero-order valence-corrected chi connectivity index (χ0v) is 14.2.